The van der Waals surface area contributed by atoms with Gasteiger partial charge in [0.25, 0.3) is 0 Å². The highest BCUT2D eigenvalue weighted by Crippen LogP contribution is 1.89. The molecule has 60 valence electrons. The van der Waals surface area contributed by atoms with Crippen molar-refractivity contribution in [2.45, 2.75) is 13.3 Å². The number of nitrogens with zero attached hydrogens (tertiary/aromatic N) is 1. The first kappa shape index (κ1) is 9.66. The first-order valence-electron chi connectivity index (χ1n) is 3.88. The average Bonchev–Trinajstić information content (AvgIpc) is 1.98. The SMILES string of the molecule is C=CCN(CC)CCCN. The van der Waals surface area contributed by atoms with Crippen molar-refractivity contribution in [2.75, 3.05) is 26.2 Å². The molecule has 0 bridgehead atoms. The number of hydrogen-bond acceptors (Lipinski definition) is 2. The number of rotatable bonds is 6. The maximum Gasteiger partial charge on any atom is 0.0160 e. The van der Waals surface area contributed by atoms with Crippen LogP contribution in [0.4, 0.5) is 0 Å². The van der Waals surface area contributed by atoms with E-state index in [0.717, 1.165) is 32.6 Å². The van der Waals surface area contributed by atoms with Gasteiger partial charge in [0.05, 0.1) is 0 Å². The molecule has 10 heavy (non-hydrogen) atoms. The molecular formula is C8H18N2. The zero-order valence-electron chi connectivity index (χ0n) is 6.84. The minimum Gasteiger partial charge on any atom is -0.330 e. The second-order valence-corrected chi connectivity index (χ2v) is 2.32. The fourth-order valence-electron chi connectivity index (χ4n) is 0.876. The summed E-state index contributed by atoms with van der Waals surface area (Å²) in [6, 6.07) is 0. The van der Waals surface area contributed by atoms with Gasteiger partial charge in [-0.2, -0.15) is 0 Å². The van der Waals surface area contributed by atoms with E-state index < -0.39 is 0 Å². The van der Waals surface area contributed by atoms with Crippen molar-refractivity contribution in [3.8, 4) is 0 Å². The van der Waals surface area contributed by atoms with Crippen molar-refractivity contribution in [2.24, 2.45) is 5.73 Å². The predicted molar refractivity (Wildman–Crippen MR) is 46.0 cm³/mol. The van der Waals surface area contributed by atoms with Gasteiger partial charge >= 0.3 is 0 Å². The van der Waals surface area contributed by atoms with E-state index in [1.54, 1.807) is 0 Å². The van der Waals surface area contributed by atoms with Gasteiger partial charge < -0.3 is 5.73 Å². The van der Waals surface area contributed by atoms with Crippen molar-refractivity contribution >= 4 is 0 Å². The van der Waals surface area contributed by atoms with Crippen molar-refractivity contribution in [3.05, 3.63) is 12.7 Å². The van der Waals surface area contributed by atoms with Gasteiger partial charge in [0.15, 0.2) is 0 Å². The van der Waals surface area contributed by atoms with Crippen LogP contribution < -0.4 is 5.73 Å². The largest absolute Gasteiger partial charge is 0.330 e. The van der Waals surface area contributed by atoms with E-state index in [1.165, 1.54) is 0 Å². The molecule has 0 atom stereocenters. The standard InChI is InChI=1S/C8H18N2/c1-3-7-10(4-2)8-5-6-9/h3H,1,4-9H2,2H3. The minimum absolute atomic E-state index is 0.785. The van der Waals surface area contributed by atoms with Crippen molar-refractivity contribution in [1.82, 2.24) is 4.90 Å². The molecule has 0 aliphatic carbocycles. The lowest BCUT2D eigenvalue weighted by Gasteiger charge is -2.16. The van der Waals surface area contributed by atoms with Crippen LogP contribution in [-0.4, -0.2) is 31.1 Å². The Kier molecular flexibility index (Phi) is 6.55. The summed E-state index contributed by atoms with van der Waals surface area (Å²) in [6.07, 6.45) is 3.02. The Morgan fingerprint density at radius 1 is 1.60 bits per heavy atom. The summed E-state index contributed by atoms with van der Waals surface area (Å²) in [7, 11) is 0. The smallest absolute Gasteiger partial charge is 0.0160 e. The van der Waals surface area contributed by atoms with Crippen molar-refractivity contribution < 1.29 is 0 Å². The van der Waals surface area contributed by atoms with Gasteiger partial charge in [-0.25, -0.2) is 0 Å². The van der Waals surface area contributed by atoms with E-state index in [0.29, 0.717) is 0 Å². The summed E-state index contributed by atoms with van der Waals surface area (Å²) in [4.78, 5) is 2.32. The Labute approximate surface area is 63.7 Å². The fourth-order valence-corrected chi connectivity index (χ4v) is 0.876. The van der Waals surface area contributed by atoms with E-state index >= 15 is 0 Å². The number of nitrogens with two attached hydrogens (primary N) is 1. The highest BCUT2D eigenvalue weighted by Gasteiger charge is 1.96. The predicted octanol–water partition coefficient (Wildman–Crippen LogP) is 0.843. The van der Waals surface area contributed by atoms with Gasteiger partial charge in [-0.05, 0) is 26.1 Å². The summed E-state index contributed by atoms with van der Waals surface area (Å²) in [5.74, 6) is 0. The number of likely N-dealkylation sites (N-methyl/N-ethyl adjacent to an activating group) is 1. The fraction of sp³-hybridized carbons (Fsp3) is 0.750. The molecule has 0 unspecified atom stereocenters. The van der Waals surface area contributed by atoms with Crippen LogP contribution in [0.5, 0.6) is 0 Å². The van der Waals surface area contributed by atoms with Gasteiger partial charge in [0.2, 0.25) is 0 Å². The lowest BCUT2D eigenvalue weighted by atomic mass is 10.3. The Morgan fingerprint density at radius 3 is 2.70 bits per heavy atom. The van der Waals surface area contributed by atoms with E-state index in [1.807, 2.05) is 6.08 Å². The molecule has 0 aromatic rings. The molecule has 2 nitrogen and oxygen atoms in total. The van der Waals surface area contributed by atoms with Gasteiger partial charge in [-0.1, -0.05) is 13.0 Å². The molecule has 0 aliphatic heterocycles. The van der Waals surface area contributed by atoms with Gasteiger partial charge in [0.1, 0.15) is 0 Å². The van der Waals surface area contributed by atoms with Crippen LogP contribution in [0.1, 0.15) is 13.3 Å². The highest BCUT2D eigenvalue weighted by atomic mass is 15.1. The number of hydrogen-bond donors (Lipinski definition) is 1. The second kappa shape index (κ2) is 6.78. The molecule has 0 aromatic heterocycles. The maximum absolute atomic E-state index is 5.38. The molecule has 0 heterocycles. The Bertz CT molecular complexity index is 81.3. The van der Waals surface area contributed by atoms with Gasteiger partial charge in [-0.15, -0.1) is 6.58 Å². The van der Waals surface area contributed by atoms with Gasteiger partial charge in [0, 0.05) is 6.54 Å². The molecule has 2 heteroatoms. The molecule has 0 amide bonds. The lowest BCUT2D eigenvalue weighted by Crippen LogP contribution is -2.26. The lowest BCUT2D eigenvalue weighted by molar-refractivity contribution is 0.317. The molecule has 0 aromatic carbocycles. The summed E-state index contributed by atoms with van der Waals surface area (Å²) < 4.78 is 0. The maximum atomic E-state index is 5.38. The Balaban J connectivity index is 3.29. The van der Waals surface area contributed by atoms with Crippen LogP contribution in [-0.2, 0) is 0 Å². The van der Waals surface area contributed by atoms with Crippen LogP contribution in [0.2, 0.25) is 0 Å². The Hall–Kier alpha value is -0.340. The van der Waals surface area contributed by atoms with E-state index in [4.69, 9.17) is 5.73 Å². The summed E-state index contributed by atoms with van der Waals surface area (Å²) >= 11 is 0. The average molecular weight is 142 g/mol. The normalized spacial score (nSPS) is 10.3. The molecule has 0 aliphatic rings. The van der Waals surface area contributed by atoms with Crippen molar-refractivity contribution in [1.29, 1.82) is 0 Å². The summed E-state index contributed by atoms with van der Waals surface area (Å²) in [5, 5.41) is 0. The third-order valence-electron chi connectivity index (χ3n) is 1.51. The quantitative estimate of drug-likeness (QED) is 0.557. The van der Waals surface area contributed by atoms with E-state index in [2.05, 4.69) is 18.4 Å². The molecular weight excluding hydrogens is 124 g/mol. The van der Waals surface area contributed by atoms with Crippen molar-refractivity contribution in [3.63, 3.8) is 0 Å². The third kappa shape index (κ3) is 4.53. The third-order valence-corrected chi connectivity index (χ3v) is 1.51. The first-order chi connectivity index (χ1) is 4.85. The molecule has 0 saturated heterocycles. The first-order valence-corrected chi connectivity index (χ1v) is 3.88. The van der Waals surface area contributed by atoms with Gasteiger partial charge in [-0.3, -0.25) is 4.90 Å². The zero-order chi connectivity index (χ0) is 7.82. The molecule has 0 fully saturated rings. The topological polar surface area (TPSA) is 29.3 Å². The van der Waals surface area contributed by atoms with Crippen LogP contribution in [0.3, 0.4) is 0 Å². The van der Waals surface area contributed by atoms with Crippen LogP contribution in [0.25, 0.3) is 0 Å². The minimum atomic E-state index is 0.785. The molecule has 0 saturated carbocycles. The molecule has 0 spiro atoms. The zero-order valence-corrected chi connectivity index (χ0v) is 6.84. The monoisotopic (exact) mass is 142 g/mol. The summed E-state index contributed by atoms with van der Waals surface area (Å²) in [5.41, 5.74) is 5.38. The van der Waals surface area contributed by atoms with Crippen LogP contribution in [0.15, 0.2) is 12.7 Å². The summed E-state index contributed by atoms with van der Waals surface area (Å²) in [6.45, 7) is 9.79. The highest BCUT2D eigenvalue weighted by molar-refractivity contribution is 4.72. The van der Waals surface area contributed by atoms with E-state index in [-0.39, 0.29) is 0 Å². The molecule has 0 radical (unpaired) electrons. The van der Waals surface area contributed by atoms with E-state index in [9.17, 15) is 0 Å². The Morgan fingerprint density at radius 2 is 2.30 bits per heavy atom. The van der Waals surface area contributed by atoms with Crippen LogP contribution >= 0.6 is 0 Å². The molecule has 0 rings (SSSR count). The second-order valence-electron chi connectivity index (χ2n) is 2.32. The molecule has 2 N–H and O–H groups in total. The van der Waals surface area contributed by atoms with Crippen LogP contribution in [0, 0.1) is 0 Å².